The molecule has 0 unspecified atom stereocenters. The van der Waals surface area contributed by atoms with Crippen molar-refractivity contribution in [2.24, 2.45) is 17.6 Å². The monoisotopic (exact) mass is 587 g/mol. The van der Waals surface area contributed by atoms with E-state index in [0.717, 1.165) is 12.5 Å². The molecular weight excluding hydrogens is 542 g/mol. The van der Waals surface area contributed by atoms with Crippen molar-refractivity contribution < 1.29 is 38.5 Å². The highest BCUT2D eigenvalue weighted by Gasteiger charge is 2.33. The fourth-order valence-corrected chi connectivity index (χ4v) is 5.03. The van der Waals surface area contributed by atoms with Crippen LogP contribution in [-0.4, -0.2) is 73.9 Å². The molecule has 5 N–H and O–H groups in total. The number of amides is 2. The maximum absolute atomic E-state index is 13.6. The van der Waals surface area contributed by atoms with E-state index < -0.39 is 53.9 Å². The standard InChI is InChI=1S/C31H45N3O8/c1-8-12-33-26-21-13-17(2)14-25(41-7)27(36)19(4)15-20(5)29(42-31(32)39)24(40-6)11-9-10-18(3)30(38)34-22(28(21)37)16-23(26)35/h9-11,15-17,19,24-25,27,29,33,36H,8,12-14H2,1-7H3,(H2,32,39)(H,34,38)/b11-9-,18-10+,20-15+/t17-,19-,24-,25+,27+,29-/m1/s1. The summed E-state index contributed by atoms with van der Waals surface area (Å²) in [6.45, 7) is 9.47. The molecule has 1 aliphatic carbocycles. The van der Waals surface area contributed by atoms with Crippen LogP contribution in [-0.2, 0) is 28.6 Å². The molecule has 232 valence electrons. The summed E-state index contributed by atoms with van der Waals surface area (Å²) in [5, 5.41) is 16.9. The van der Waals surface area contributed by atoms with Gasteiger partial charge >= 0.3 is 6.09 Å². The van der Waals surface area contributed by atoms with E-state index in [1.54, 1.807) is 32.1 Å². The number of nitrogens with two attached hydrogens (primary N) is 1. The van der Waals surface area contributed by atoms with Gasteiger partial charge in [0.25, 0.3) is 5.91 Å². The average Bonchev–Trinajstić information content (AvgIpc) is 2.94. The molecule has 2 rings (SSSR count). The number of primary amides is 1. The van der Waals surface area contributed by atoms with Gasteiger partial charge in [0.2, 0.25) is 11.6 Å². The number of nitrogens with one attached hydrogen (secondary N) is 2. The van der Waals surface area contributed by atoms with Gasteiger partial charge in [-0.05, 0) is 44.6 Å². The molecule has 0 aromatic heterocycles. The van der Waals surface area contributed by atoms with E-state index >= 15 is 0 Å². The number of aliphatic hydroxyl groups excluding tert-OH is 1. The zero-order valence-corrected chi connectivity index (χ0v) is 25.6. The third-order valence-electron chi connectivity index (χ3n) is 7.35. The summed E-state index contributed by atoms with van der Waals surface area (Å²) < 4.78 is 16.6. The largest absolute Gasteiger partial charge is 0.439 e. The average molecular weight is 588 g/mol. The number of Topliss-reactive ketones (excluding diaryl/α,β-unsaturated/α-hetero) is 1. The van der Waals surface area contributed by atoms with Crippen molar-refractivity contribution in [2.45, 2.75) is 78.3 Å². The molecule has 0 saturated carbocycles. The van der Waals surface area contributed by atoms with Crippen LogP contribution < -0.4 is 16.4 Å². The molecule has 0 fully saturated rings. The number of carbonyl (C=O) groups excluding carboxylic acids is 4. The van der Waals surface area contributed by atoms with E-state index in [4.69, 9.17) is 19.9 Å². The first-order chi connectivity index (χ1) is 19.8. The Morgan fingerprint density at radius 1 is 1.17 bits per heavy atom. The SMILES string of the molecule is CCCNC1=C2C[C@@H](C)C[C@H](OC)[C@@H](O)[C@H](C)/C=C(\C)[C@@H](OC(N)=O)[C@H](OC)/C=C\C=C(/C)C(=O)NC(=CC1=O)C2=O. The highest BCUT2D eigenvalue weighted by atomic mass is 16.6. The molecule has 2 bridgehead atoms. The van der Waals surface area contributed by atoms with Gasteiger partial charge in [-0.25, -0.2) is 4.79 Å². The predicted molar refractivity (Wildman–Crippen MR) is 158 cm³/mol. The molecular formula is C31H45N3O8. The van der Waals surface area contributed by atoms with Crippen molar-refractivity contribution in [1.82, 2.24) is 10.6 Å². The lowest BCUT2D eigenvalue weighted by molar-refractivity contribution is -0.120. The van der Waals surface area contributed by atoms with Crippen molar-refractivity contribution in [3.05, 3.63) is 58.5 Å². The third-order valence-corrected chi connectivity index (χ3v) is 7.35. The molecule has 6 atom stereocenters. The van der Waals surface area contributed by atoms with Crippen LogP contribution in [0.15, 0.2) is 58.5 Å². The third kappa shape index (κ3) is 9.23. The molecule has 2 aliphatic rings. The van der Waals surface area contributed by atoms with Crippen LogP contribution in [0.3, 0.4) is 0 Å². The fraction of sp³-hybridized carbons (Fsp3) is 0.548. The first kappa shape index (κ1) is 34.7. The number of hydrogen-bond acceptors (Lipinski definition) is 9. The Labute approximate surface area is 247 Å². The van der Waals surface area contributed by atoms with Crippen LogP contribution in [0.4, 0.5) is 4.79 Å². The molecule has 11 heteroatoms. The zero-order valence-electron chi connectivity index (χ0n) is 25.6. The lowest BCUT2D eigenvalue weighted by atomic mass is 9.85. The second kappa shape index (κ2) is 16.2. The quantitative estimate of drug-likeness (QED) is 0.270. The van der Waals surface area contributed by atoms with Crippen LogP contribution in [0.5, 0.6) is 0 Å². The van der Waals surface area contributed by atoms with Crippen molar-refractivity contribution in [3.63, 3.8) is 0 Å². The molecule has 42 heavy (non-hydrogen) atoms. The van der Waals surface area contributed by atoms with E-state index in [1.165, 1.54) is 20.3 Å². The van der Waals surface area contributed by atoms with Gasteiger partial charge in [0.05, 0.1) is 23.6 Å². The number of rotatable bonds is 6. The van der Waals surface area contributed by atoms with Crippen LogP contribution in [0, 0.1) is 11.8 Å². The lowest BCUT2D eigenvalue weighted by Gasteiger charge is -2.30. The summed E-state index contributed by atoms with van der Waals surface area (Å²) in [6, 6.07) is 0. The van der Waals surface area contributed by atoms with E-state index in [9.17, 15) is 24.3 Å². The van der Waals surface area contributed by atoms with Gasteiger partial charge in [0, 0.05) is 43.9 Å². The zero-order chi connectivity index (χ0) is 31.6. The molecule has 1 heterocycles. The molecule has 0 aromatic rings. The number of ketones is 2. The number of carbonyl (C=O) groups is 4. The van der Waals surface area contributed by atoms with Gasteiger partial charge in [0.1, 0.15) is 6.10 Å². The smallest absolute Gasteiger partial charge is 0.405 e. The number of ether oxygens (including phenoxy) is 3. The van der Waals surface area contributed by atoms with Crippen LogP contribution in [0.2, 0.25) is 0 Å². The Balaban J connectivity index is 2.61. The number of hydrogen-bond donors (Lipinski definition) is 4. The maximum Gasteiger partial charge on any atom is 0.405 e. The van der Waals surface area contributed by atoms with E-state index in [-0.39, 0.29) is 34.9 Å². The van der Waals surface area contributed by atoms with Gasteiger partial charge < -0.3 is 35.7 Å². The second-order valence-corrected chi connectivity index (χ2v) is 10.9. The summed E-state index contributed by atoms with van der Waals surface area (Å²) in [7, 11) is 2.94. The lowest BCUT2D eigenvalue weighted by Crippen LogP contribution is -2.38. The minimum Gasteiger partial charge on any atom is -0.439 e. The van der Waals surface area contributed by atoms with Crippen molar-refractivity contribution in [1.29, 1.82) is 0 Å². The summed E-state index contributed by atoms with van der Waals surface area (Å²) in [6.07, 6.45) is 4.69. The number of allylic oxidation sites excluding steroid dienone is 4. The molecule has 0 spiro atoms. The molecule has 11 nitrogen and oxygen atoms in total. The van der Waals surface area contributed by atoms with Gasteiger partial charge in [-0.2, -0.15) is 0 Å². The van der Waals surface area contributed by atoms with E-state index in [0.29, 0.717) is 18.5 Å². The van der Waals surface area contributed by atoms with Gasteiger partial charge in [-0.15, -0.1) is 0 Å². The van der Waals surface area contributed by atoms with Crippen molar-refractivity contribution in [3.8, 4) is 0 Å². The van der Waals surface area contributed by atoms with Gasteiger partial charge in [0.15, 0.2) is 6.10 Å². The minimum absolute atomic E-state index is 0.106. The highest BCUT2D eigenvalue weighted by molar-refractivity contribution is 6.23. The summed E-state index contributed by atoms with van der Waals surface area (Å²) in [5.74, 6) is -2.01. The Hall–Kier alpha value is -3.54. The summed E-state index contributed by atoms with van der Waals surface area (Å²) in [5.41, 5.74) is 6.59. The predicted octanol–water partition coefficient (Wildman–Crippen LogP) is 2.76. The summed E-state index contributed by atoms with van der Waals surface area (Å²) >= 11 is 0. The summed E-state index contributed by atoms with van der Waals surface area (Å²) in [4.78, 5) is 51.4. The Morgan fingerprint density at radius 3 is 2.45 bits per heavy atom. The van der Waals surface area contributed by atoms with Crippen LogP contribution >= 0.6 is 0 Å². The molecule has 2 amide bonds. The normalized spacial score (nSPS) is 31.7. The fourth-order valence-electron chi connectivity index (χ4n) is 5.03. The van der Waals surface area contributed by atoms with Crippen LogP contribution in [0.1, 0.15) is 53.9 Å². The van der Waals surface area contributed by atoms with E-state index in [2.05, 4.69) is 10.6 Å². The molecule has 0 aromatic carbocycles. The highest BCUT2D eigenvalue weighted by Crippen LogP contribution is 2.28. The minimum atomic E-state index is -0.995. The van der Waals surface area contributed by atoms with Crippen LogP contribution in [0.25, 0.3) is 0 Å². The Bertz CT molecular complexity index is 1180. The topological polar surface area (TPSA) is 166 Å². The van der Waals surface area contributed by atoms with Gasteiger partial charge in [-0.1, -0.05) is 45.1 Å². The number of methoxy groups -OCH3 is 2. The first-order valence-electron chi connectivity index (χ1n) is 14.2. The Morgan fingerprint density at radius 2 is 1.86 bits per heavy atom. The number of aliphatic hydroxyl groups is 1. The second-order valence-electron chi connectivity index (χ2n) is 10.9. The number of fused-ring (bicyclic) bond motifs is 2. The molecule has 0 radical (unpaired) electrons. The van der Waals surface area contributed by atoms with Gasteiger partial charge in [-0.3, -0.25) is 14.4 Å². The van der Waals surface area contributed by atoms with E-state index in [1.807, 2.05) is 20.8 Å². The van der Waals surface area contributed by atoms with Crippen molar-refractivity contribution in [2.75, 3.05) is 20.8 Å². The Kier molecular flexibility index (Phi) is 13.4. The maximum atomic E-state index is 13.6. The van der Waals surface area contributed by atoms with Crippen molar-refractivity contribution >= 4 is 23.6 Å². The molecule has 0 saturated heterocycles. The first-order valence-corrected chi connectivity index (χ1v) is 14.2. The molecule has 1 aliphatic heterocycles.